The molecule has 1 atom stereocenters. The molecule has 102 valence electrons. The zero-order chi connectivity index (χ0) is 14.1. The number of fused-ring (bicyclic) bond motifs is 1. The second kappa shape index (κ2) is 5.43. The van der Waals surface area contributed by atoms with Crippen molar-refractivity contribution in [2.45, 2.75) is 12.8 Å². The van der Waals surface area contributed by atoms with Crippen LogP contribution in [0.1, 0.15) is 22.7 Å². The SMILES string of the molecule is Cc1c(C(CN)c2ccccc2)[nH]c2ccc(Br)cc12. The van der Waals surface area contributed by atoms with Gasteiger partial charge in [-0.25, -0.2) is 0 Å². The van der Waals surface area contributed by atoms with Crippen molar-refractivity contribution in [1.82, 2.24) is 4.98 Å². The summed E-state index contributed by atoms with van der Waals surface area (Å²) in [5.41, 5.74) is 10.9. The molecule has 3 rings (SSSR count). The Morgan fingerprint density at radius 2 is 1.90 bits per heavy atom. The molecule has 0 spiro atoms. The molecule has 0 aliphatic rings. The van der Waals surface area contributed by atoms with E-state index in [0.29, 0.717) is 6.54 Å². The average molecular weight is 329 g/mol. The lowest BCUT2D eigenvalue weighted by atomic mass is 9.93. The molecule has 0 amide bonds. The lowest BCUT2D eigenvalue weighted by molar-refractivity contribution is 0.791. The number of aryl methyl sites for hydroxylation is 1. The van der Waals surface area contributed by atoms with Crippen LogP contribution in [0.4, 0.5) is 0 Å². The molecule has 2 aromatic carbocycles. The number of hydrogen-bond donors (Lipinski definition) is 2. The Balaban J connectivity index is 2.15. The van der Waals surface area contributed by atoms with E-state index < -0.39 is 0 Å². The largest absolute Gasteiger partial charge is 0.358 e. The molecule has 0 saturated carbocycles. The summed E-state index contributed by atoms with van der Waals surface area (Å²) in [5, 5.41) is 1.25. The van der Waals surface area contributed by atoms with Crippen molar-refractivity contribution >= 4 is 26.8 Å². The minimum absolute atomic E-state index is 0.211. The van der Waals surface area contributed by atoms with Gasteiger partial charge in [0.05, 0.1) is 0 Å². The Kier molecular flexibility index (Phi) is 3.64. The predicted octanol–water partition coefficient (Wildman–Crippen LogP) is 4.33. The van der Waals surface area contributed by atoms with Gasteiger partial charge in [-0.3, -0.25) is 0 Å². The van der Waals surface area contributed by atoms with Gasteiger partial charge in [-0.2, -0.15) is 0 Å². The summed E-state index contributed by atoms with van der Waals surface area (Å²) in [6, 6.07) is 16.8. The predicted molar refractivity (Wildman–Crippen MR) is 88.1 cm³/mol. The van der Waals surface area contributed by atoms with Gasteiger partial charge in [-0.1, -0.05) is 46.3 Å². The zero-order valence-electron chi connectivity index (χ0n) is 11.4. The minimum Gasteiger partial charge on any atom is -0.358 e. The second-order valence-electron chi connectivity index (χ2n) is 5.05. The standard InChI is InChI=1S/C17H17BrN2/c1-11-14-9-13(18)7-8-16(14)20-17(11)15(10-19)12-5-3-2-4-6-12/h2-9,15,20H,10,19H2,1H3. The molecule has 2 nitrogen and oxygen atoms in total. The Morgan fingerprint density at radius 1 is 1.15 bits per heavy atom. The molecule has 3 N–H and O–H groups in total. The van der Waals surface area contributed by atoms with Gasteiger partial charge in [0.25, 0.3) is 0 Å². The van der Waals surface area contributed by atoms with E-state index >= 15 is 0 Å². The van der Waals surface area contributed by atoms with Crippen LogP contribution in [0.15, 0.2) is 53.0 Å². The van der Waals surface area contributed by atoms with Gasteiger partial charge in [-0.15, -0.1) is 0 Å². The van der Waals surface area contributed by atoms with Crippen LogP contribution in [-0.4, -0.2) is 11.5 Å². The summed E-state index contributed by atoms with van der Waals surface area (Å²) in [6.07, 6.45) is 0. The maximum absolute atomic E-state index is 6.03. The molecule has 1 heterocycles. The highest BCUT2D eigenvalue weighted by atomic mass is 79.9. The lowest BCUT2D eigenvalue weighted by Crippen LogP contribution is -2.15. The smallest absolute Gasteiger partial charge is 0.0459 e. The number of hydrogen-bond acceptors (Lipinski definition) is 1. The number of benzene rings is 2. The van der Waals surface area contributed by atoms with Crippen molar-refractivity contribution < 1.29 is 0 Å². The minimum atomic E-state index is 0.211. The van der Waals surface area contributed by atoms with Crippen LogP contribution in [-0.2, 0) is 0 Å². The maximum Gasteiger partial charge on any atom is 0.0459 e. The first-order chi connectivity index (χ1) is 9.70. The molecule has 0 bridgehead atoms. The van der Waals surface area contributed by atoms with E-state index in [1.165, 1.54) is 22.2 Å². The third kappa shape index (κ3) is 2.28. The number of nitrogens with one attached hydrogen (secondary N) is 1. The van der Waals surface area contributed by atoms with Crippen LogP contribution in [0.25, 0.3) is 10.9 Å². The Morgan fingerprint density at radius 3 is 2.60 bits per heavy atom. The van der Waals surface area contributed by atoms with E-state index in [-0.39, 0.29) is 5.92 Å². The van der Waals surface area contributed by atoms with Crippen molar-refractivity contribution in [1.29, 1.82) is 0 Å². The van der Waals surface area contributed by atoms with Crippen molar-refractivity contribution in [3.8, 4) is 0 Å². The highest BCUT2D eigenvalue weighted by molar-refractivity contribution is 9.10. The average Bonchev–Trinajstić information content (AvgIpc) is 2.78. The van der Waals surface area contributed by atoms with Gasteiger partial charge in [0.1, 0.15) is 0 Å². The van der Waals surface area contributed by atoms with Crippen molar-refractivity contribution in [3.05, 3.63) is 69.8 Å². The van der Waals surface area contributed by atoms with Crippen LogP contribution in [0, 0.1) is 6.92 Å². The number of rotatable bonds is 3. The molecule has 1 aromatic heterocycles. The first-order valence-electron chi connectivity index (χ1n) is 6.73. The normalized spacial score (nSPS) is 12.8. The molecular weight excluding hydrogens is 312 g/mol. The maximum atomic E-state index is 6.03. The molecule has 0 saturated heterocycles. The first kappa shape index (κ1) is 13.4. The molecule has 1 unspecified atom stereocenters. The lowest BCUT2D eigenvalue weighted by Gasteiger charge is -2.15. The molecule has 3 aromatic rings. The number of nitrogens with two attached hydrogens (primary N) is 1. The highest BCUT2D eigenvalue weighted by Crippen LogP contribution is 2.32. The monoisotopic (exact) mass is 328 g/mol. The molecule has 0 fully saturated rings. The molecule has 3 heteroatoms. The molecule has 0 radical (unpaired) electrons. The van der Waals surface area contributed by atoms with E-state index in [9.17, 15) is 0 Å². The van der Waals surface area contributed by atoms with Crippen molar-refractivity contribution in [2.75, 3.05) is 6.54 Å². The van der Waals surface area contributed by atoms with Crippen LogP contribution >= 0.6 is 15.9 Å². The Labute approximate surface area is 127 Å². The number of halogens is 1. The highest BCUT2D eigenvalue weighted by Gasteiger charge is 2.18. The van der Waals surface area contributed by atoms with Gasteiger partial charge < -0.3 is 10.7 Å². The van der Waals surface area contributed by atoms with Gasteiger partial charge in [0, 0.05) is 33.5 Å². The van der Waals surface area contributed by atoms with E-state index in [2.05, 4.69) is 70.3 Å². The summed E-state index contributed by atoms with van der Waals surface area (Å²) < 4.78 is 1.10. The molecular formula is C17H17BrN2. The fraction of sp³-hybridized carbons (Fsp3) is 0.176. The van der Waals surface area contributed by atoms with Gasteiger partial charge in [0.15, 0.2) is 0 Å². The topological polar surface area (TPSA) is 41.8 Å². The van der Waals surface area contributed by atoms with Crippen LogP contribution < -0.4 is 5.73 Å². The van der Waals surface area contributed by atoms with Gasteiger partial charge >= 0.3 is 0 Å². The van der Waals surface area contributed by atoms with E-state index in [0.717, 1.165) is 9.99 Å². The number of aromatic amines is 1. The summed E-state index contributed by atoms with van der Waals surface area (Å²) in [4.78, 5) is 3.54. The zero-order valence-corrected chi connectivity index (χ0v) is 12.9. The number of aromatic nitrogens is 1. The van der Waals surface area contributed by atoms with Crippen LogP contribution in [0.5, 0.6) is 0 Å². The third-order valence-corrected chi connectivity index (χ3v) is 4.34. The Bertz CT molecular complexity index is 731. The quantitative estimate of drug-likeness (QED) is 0.738. The van der Waals surface area contributed by atoms with Crippen LogP contribution in [0.3, 0.4) is 0 Å². The Hall–Kier alpha value is -1.58. The summed E-state index contributed by atoms with van der Waals surface area (Å²) >= 11 is 3.54. The molecule has 0 aliphatic heterocycles. The second-order valence-corrected chi connectivity index (χ2v) is 5.97. The van der Waals surface area contributed by atoms with Gasteiger partial charge in [0.2, 0.25) is 0 Å². The summed E-state index contributed by atoms with van der Waals surface area (Å²) in [7, 11) is 0. The van der Waals surface area contributed by atoms with Gasteiger partial charge in [-0.05, 0) is 36.2 Å². The summed E-state index contributed by atoms with van der Waals surface area (Å²) in [5.74, 6) is 0.211. The van der Waals surface area contributed by atoms with Crippen LogP contribution in [0.2, 0.25) is 0 Å². The van der Waals surface area contributed by atoms with E-state index in [1.807, 2.05) is 6.07 Å². The molecule has 0 aliphatic carbocycles. The van der Waals surface area contributed by atoms with E-state index in [4.69, 9.17) is 5.73 Å². The first-order valence-corrected chi connectivity index (χ1v) is 7.52. The number of H-pyrrole nitrogens is 1. The van der Waals surface area contributed by atoms with Crippen molar-refractivity contribution in [3.63, 3.8) is 0 Å². The summed E-state index contributed by atoms with van der Waals surface area (Å²) in [6.45, 7) is 2.76. The molecule has 20 heavy (non-hydrogen) atoms. The van der Waals surface area contributed by atoms with Crippen molar-refractivity contribution in [2.24, 2.45) is 5.73 Å². The van der Waals surface area contributed by atoms with E-state index in [1.54, 1.807) is 0 Å². The fourth-order valence-electron chi connectivity index (χ4n) is 2.77. The third-order valence-electron chi connectivity index (χ3n) is 3.85. The fourth-order valence-corrected chi connectivity index (χ4v) is 3.14.